The highest BCUT2D eigenvalue weighted by atomic mass is 16.3. The molecule has 148 valence electrons. The Morgan fingerprint density at radius 2 is 0.958 bits per heavy atom. The minimum atomic E-state index is -0.954. The summed E-state index contributed by atoms with van der Waals surface area (Å²) in [5.74, 6) is 0.469. The number of hydrogen-bond donors (Lipinski definition) is 6. The van der Waals surface area contributed by atoms with Gasteiger partial charge in [0.2, 0.25) is 0 Å². The zero-order valence-corrected chi connectivity index (χ0v) is 15.2. The van der Waals surface area contributed by atoms with E-state index in [4.69, 9.17) is 30.6 Å². The highest BCUT2D eigenvalue weighted by Crippen LogP contribution is 2.05. The third kappa shape index (κ3) is 29.4. The number of unbranched alkanes of at least 4 members (excludes halogenated alkanes) is 4. The van der Waals surface area contributed by atoms with E-state index in [9.17, 15) is 4.79 Å². The van der Waals surface area contributed by atoms with Crippen LogP contribution >= 0.6 is 0 Å². The molecule has 6 N–H and O–H groups in total. The van der Waals surface area contributed by atoms with Gasteiger partial charge in [0, 0.05) is 12.8 Å². The van der Waals surface area contributed by atoms with Crippen LogP contribution in [-0.4, -0.2) is 75.1 Å². The average molecular weight is 354 g/mol. The molecule has 0 aromatic carbocycles. The summed E-state index contributed by atoms with van der Waals surface area (Å²) in [5, 5.41) is 48.0. The molecule has 0 spiro atoms. The van der Waals surface area contributed by atoms with E-state index in [0.717, 1.165) is 25.7 Å². The molecule has 24 heavy (non-hydrogen) atoms. The number of Topliss-reactive ketones (excluding diaryl/α,β-unsaturated/α-hetero) is 1. The van der Waals surface area contributed by atoms with Gasteiger partial charge in [-0.2, -0.15) is 0 Å². The average Bonchev–Trinajstić information content (AvgIpc) is 2.61. The maximum Gasteiger partial charge on any atom is 0.132 e. The minimum Gasteiger partial charge on any atom is -0.394 e. The summed E-state index contributed by atoms with van der Waals surface area (Å²) in [5.41, 5.74) is 0. The molecule has 0 unspecified atom stereocenters. The normalized spacial score (nSPS) is 10.1. The number of hydrogen-bond acceptors (Lipinski definition) is 7. The van der Waals surface area contributed by atoms with Crippen LogP contribution in [0, 0.1) is 0 Å². The third-order valence-electron chi connectivity index (χ3n) is 2.96. The van der Waals surface area contributed by atoms with E-state index in [-0.39, 0.29) is 26.4 Å². The highest BCUT2D eigenvalue weighted by molar-refractivity contribution is 5.78. The van der Waals surface area contributed by atoms with Crippen molar-refractivity contribution in [2.75, 3.05) is 26.4 Å². The maximum absolute atomic E-state index is 11.2. The number of aliphatic hydroxyl groups excluding tert-OH is 6. The molecule has 0 aliphatic heterocycles. The van der Waals surface area contributed by atoms with Gasteiger partial charge >= 0.3 is 0 Å². The van der Waals surface area contributed by atoms with Crippen LogP contribution in [-0.2, 0) is 4.79 Å². The van der Waals surface area contributed by atoms with Crippen molar-refractivity contribution < 1.29 is 35.4 Å². The fourth-order valence-electron chi connectivity index (χ4n) is 1.38. The standard InChI is InChI=1S/C11H22O.2C3H8O3/c1-3-5-7-9-11(12)10-8-6-4-2;2*4-1-3(6)2-5/h3-10H2,1-2H3;2*3-6H,1-2H2. The van der Waals surface area contributed by atoms with Crippen molar-refractivity contribution in [2.45, 2.75) is 77.4 Å². The van der Waals surface area contributed by atoms with Crippen molar-refractivity contribution in [3.63, 3.8) is 0 Å². The van der Waals surface area contributed by atoms with Crippen molar-refractivity contribution in [3.05, 3.63) is 0 Å². The largest absolute Gasteiger partial charge is 0.394 e. The summed E-state index contributed by atoms with van der Waals surface area (Å²) in [7, 11) is 0. The molecule has 0 rings (SSSR count). The fourth-order valence-corrected chi connectivity index (χ4v) is 1.38. The topological polar surface area (TPSA) is 138 Å². The Morgan fingerprint density at radius 3 is 1.12 bits per heavy atom. The van der Waals surface area contributed by atoms with Crippen LogP contribution in [0.25, 0.3) is 0 Å². The summed E-state index contributed by atoms with van der Waals surface area (Å²) in [6, 6.07) is 0. The monoisotopic (exact) mass is 354 g/mol. The first-order valence-corrected chi connectivity index (χ1v) is 8.74. The van der Waals surface area contributed by atoms with Crippen LogP contribution in [0.4, 0.5) is 0 Å². The fraction of sp³-hybridized carbons (Fsp3) is 0.941. The summed E-state index contributed by atoms with van der Waals surface area (Å²) in [6.07, 6.45) is 6.76. The molecule has 0 aromatic heterocycles. The molecule has 0 saturated carbocycles. The molecule has 7 heteroatoms. The van der Waals surface area contributed by atoms with E-state index < -0.39 is 12.2 Å². The highest BCUT2D eigenvalue weighted by Gasteiger charge is 2.00. The van der Waals surface area contributed by atoms with Crippen LogP contribution in [0.1, 0.15) is 65.2 Å². The maximum atomic E-state index is 11.2. The van der Waals surface area contributed by atoms with Gasteiger partial charge in [-0.25, -0.2) is 0 Å². The number of aliphatic hydroxyl groups is 6. The molecule has 7 nitrogen and oxygen atoms in total. The Bertz CT molecular complexity index is 207. The Balaban J connectivity index is -0.000000309. The summed E-state index contributed by atoms with van der Waals surface area (Å²) in [6.45, 7) is 2.88. The number of carbonyl (C=O) groups excluding carboxylic acids is 1. The van der Waals surface area contributed by atoms with E-state index in [0.29, 0.717) is 5.78 Å². The van der Waals surface area contributed by atoms with Crippen LogP contribution < -0.4 is 0 Å². The molecule has 0 fully saturated rings. The van der Waals surface area contributed by atoms with Gasteiger partial charge in [-0.1, -0.05) is 39.5 Å². The SMILES string of the molecule is CCCCCC(=O)CCCCC.OCC(O)CO.OCC(O)CO. The molecule has 0 aliphatic carbocycles. The zero-order valence-electron chi connectivity index (χ0n) is 15.2. The Labute approximate surface area is 146 Å². The Kier molecular flexibility index (Phi) is 29.0. The number of carbonyl (C=O) groups is 1. The quantitative estimate of drug-likeness (QED) is 0.279. The van der Waals surface area contributed by atoms with E-state index in [1.165, 1.54) is 25.7 Å². The molecular formula is C17H38O7. The predicted octanol–water partition coefficient (Wildman–Crippen LogP) is 0.380. The molecule has 0 atom stereocenters. The number of rotatable bonds is 12. The molecular weight excluding hydrogens is 316 g/mol. The summed E-state index contributed by atoms with van der Waals surface area (Å²) < 4.78 is 0. The second-order valence-corrected chi connectivity index (χ2v) is 5.49. The first-order chi connectivity index (χ1) is 11.4. The zero-order chi connectivity index (χ0) is 19.2. The van der Waals surface area contributed by atoms with Gasteiger partial charge < -0.3 is 30.6 Å². The smallest absolute Gasteiger partial charge is 0.132 e. The van der Waals surface area contributed by atoms with Crippen molar-refractivity contribution in [3.8, 4) is 0 Å². The Morgan fingerprint density at radius 1 is 0.667 bits per heavy atom. The molecule has 0 amide bonds. The molecule has 0 aliphatic rings. The van der Waals surface area contributed by atoms with Crippen molar-refractivity contribution in [1.82, 2.24) is 0 Å². The van der Waals surface area contributed by atoms with E-state index >= 15 is 0 Å². The third-order valence-corrected chi connectivity index (χ3v) is 2.96. The summed E-state index contributed by atoms with van der Waals surface area (Å²) >= 11 is 0. The van der Waals surface area contributed by atoms with Gasteiger partial charge in [-0.15, -0.1) is 0 Å². The Hall–Kier alpha value is -0.570. The lowest BCUT2D eigenvalue weighted by Gasteiger charge is -1.98. The van der Waals surface area contributed by atoms with E-state index in [1.807, 2.05) is 0 Å². The lowest BCUT2D eigenvalue weighted by atomic mass is 10.1. The van der Waals surface area contributed by atoms with Gasteiger partial charge in [0.1, 0.15) is 18.0 Å². The first kappa shape index (κ1) is 28.2. The van der Waals surface area contributed by atoms with Crippen molar-refractivity contribution >= 4 is 5.78 Å². The minimum absolute atomic E-state index is 0.365. The van der Waals surface area contributed by atoms with Crippen LogP contribution in [0.15, 0.2) is 0 Å². The summed E-state index contributed by atoms with van der Waals surface area (Å²) in [4.78, 5) is 11.2. The van der Waals surface area contributed by atoms with Crippen LogP contribution in [0.3, 0.4) is 0 Å². The molecule has 0 aromatic rings. The van der Waals surface area contributed by atoms with Gasteiger partial charge in [0.25, 0.3) is 0 Å². The number of ketones is 1. The van der Waals surface area contributed by atoms with Crippen LogP contribution in [0.2, 0.25) is 0 Å². The van der Waals surface area contributed by atoms with E-state index in [1.54, 1.807) is 0 Å². The van der Waals surface area contributed by atoms with Crippen molar-refractivity contribution in [1.29, 1.82) is 0 Å². The molecule has 0 saturated heterocycles. The van der Waals surface area contributed by atoms with Gasteiger partial charge in [0.05, 0.1) is 26.4 Å². The first-order valence-electron chi connectivity index (χ1n) is 8.74. The van der Waals surface area contributed by atoms with Gasteiger partial charge in [0.15, 0.2) is 0 Å². The van der Waals surface area contributed by atoms with Gasteiger partial charge in [-0.05, 0) is 12.8 Å². The second-order valence-electron chi connectivity index (χ2n) is 5.49. The lowest BCUT2D eigenvalue weighted by Crippen LogP contribution is -2.15. The van der Waals surface area contributed by atoms with Gasteiger partial charge in [-0.3, -0.25) is 4.79 Å². The second kappa shape index (κ2) is 24.7. The predicted molar refractivity (Wildman–Crippen MR) is 93.6 cm³/mol. The van der Waals surface area contributed by atoms with Crippen molar-refractivity contribution in [2.24, 2.45) is 0 Å². The lowest BCUT2D eigenvalue weighted by molar-refractivity contribution is -0.119. The van der Waals surface area contributed by atoms with E-state index in [2.05, 4.69) is 13.8 Å². The molecule has 0 heterocycles. The molecule has 0 bridgehead atoms. The molecule has 0 radical (unpaired) electrons. The van der Waals surface area contributed by atoms with Crippen LogP contribution in [0.5, 0.6) is 0 Å².